The van der Waals surface area contributed by atoms with Crippen molar-refractivity contribution < 1.29 is 13.2 Å². The largest absolute Gasteiger partial charge is 0.416 e. The van der Waals surface area contributed by atoms with Crippen LogP contribution in [0.15, 0.2) is 61.2 Å². The molecule has 0 aliphatic carbocycles. The van der Waals surface area contributed by atoms with Crippen LogP contribution in [0.4, 0.5) is 42.4 Å². The van der Waals surface area contributed by atoms with E-state index in [4.69, 9.17) is 15.0 Å². The lowest BCUT2D eigenvalue weighted by atomic mass is 9.94. The topological polar surface area (TPSA) is 147 Å². The standard InChI is InChI=1S/C19H23F3N6.C19H23N7.C2H6/c20-19(21,22)14-5-8-24-16(11-14)26-17-12-15(13-3-6-23-7-4-13)25-18(27-17)28-9-1-2-10-28;1-13-3-8-21-17(9-13)24-18-10-16(14-4-6-20-7-5-14)23-19(25-18)15-11-22-26(2)12-15;1-2/h5,8,11-13,23H,1-4,6-7,9-10H2,(H,24,25,26,27);3,8-12,14,20H,4-7H2,1-2H3,(H,21,23,24,25);1-2H3. The van der Waals surface area contributed by atoms with E-state index < -0.39 is 11.7 Å². The average molecular weight is 772 g/mol. The van der Waals surface area contributed by atoms with Crippen molar-refractivity contribution in [1.82, 2.24) is 50.3 Å². The molecule has 0 saturated carbocycles. The second-order valence-electron chi connectivity index (χ2n) is 14.0. The molecule has 56 heavy (non-hydrogen) atoms. The highest BCUT2D eigenvalue weighted by molar-refractivity contribution is 5.60. The molecule has 5 aromatic heterocycles. The maximum absolute atomic E-state index is 13.0. The third-order valence-corrected chi connectivity index (χ3v) is 9.86. The Morgan fingerprint density at radius 1 is 0.714 bits per heavy atom. The molecule has 3 fully saturated rings. The summed E-state index contributed by atoms with van der Waals surface area (Å²) in [5, 5.41) is 17.3. The number of anilines is 5. The molecule has 298 valence electrons. The number of rotatable bonds is 8. The summed E-state index contributed by atoms with van der Waals surface area (Å²) in [6.45, 7) is 11.8. The van der Waals surface area contributed by atoms with E-state index in [0.717, 1.165) is 130 Å². The summed E-state index contributed by atoms with van der Waals surface area (Å²) in [5.41, 5.74) is 3.35. The first-order valence-corrected chi connectivity index (χ1v) is 19.6. The van der Waals surface area contributed by atoms with Gasteiger partial charge in [0.25, 0.3) is 0 Å². The summed E-state index contributed by atoms with van der Waals surface area (Å²) in [6, 6.07) is 9.85. The molecule has 0 amide bonds. The minimum Gasteiger partial charge on any atom is -0.341 e. The maximum Gasteiger partial charge on any atom is 0.416 e. The smallest absolute Gasteiger partial charge is 0.341 e. The van der Waals surface area contributed by atoms with Gasteiger partial charge < -0.3 is 26.2 Å². The van der Waals surface area contributed by atoms with Crippen LogP contribution in [0.2, 0.25) is 0 Å². The third kappa shape index (κ3) is 11.0. The van der Waals surface area contributed by atoms with E-state index in [-0.39, 0.29) is 5.82 Å². The first-order chi connectivity index (χ1) is 27.2. The summed E-state index contributed by atoms with van der Waals surface area (Å²) in [5.74, 6) is 4.27. The van der Waals surface area contributed by atoms with Crippen LogP contribution in [0.5, 0.6) is 0 Å². The van der Waals surface area contributed by atoms with E-state index in [2.05, 4.69) is 52.3 Å². The zero-order chi connectivity index (χ0) is 39.5. The predicted octanol–water partition coefficient (Wildman–Crippen LogP) is 7.52. The van der Waals surface area contributed by atoms with E-state index in [1.807, 2.05) is 52.2 Å². The molecule has 16 heteroatoms. The first-order valence-electron chi connectivity index (χ1n) is 19.6. The van der Waals surface area contributed by atoms with Crippen LogP contribution in [0, 0.1) is 6.92 Å². The van der Waals surface area contributed by atoms with Crippen LogP contribution in [0.1, 0.15) is 86.7 Å². The Morgan fingerprint density at radius 3 is 1.86 bits per heavy atom. The summed E-state index contributed by atoms with van der Waals surface area (Å²) >= 11 is 0. The number of aromatic nitrogens is 8. The maximum atomic E-state index is 13.0. The molecule has 0 unspecified atom stereocenters. The summed E-state index contributed by atoms with van der Waals surface area (Å²) in [4.78, 5) is 29.4. The van der Waals surface area contributed by atoms with E-state index in [1.165, 1.54) is 0 Å². The van der Waals surface area contributed by atoms with Crippen molar-refractivity contribution >= 4 is 29.2 Å². The van der Waals surface area contributed by atoms with Gasteiger partial charge in [0.1, 0.15) is 23.3 Å². The van der Waals surface area contributed by atoms with Crippen LogP contribution in [0.25, 0.3) is 11.4 Å². The number of nitrogens with one attached hydrogen (secondary N) is 4. The Hall–Kier alpha value is -5.22. The molecule has 8 rings (SSSR count). The van der Waals surface area contributed by atoms with Gasteiger partial charge in [0, 0.05) is 68.4 Å². The van der Waals surface area contributed by atoms with Crippen LogP contribution < -0.4 is 26.2 Å². The molecule has 0 spiro atoms. The van der Waals surface area contributed by atoms with Crippen molar-refractivity contribution in [1.29, 1.82) is 0 Å². The normalized spacial score (nSPS) is 16.4. The summed E-state index contributed by atoms with van der Waals surface area (Å²) < 4.78 is 40.7. The summed E-state index contributed by atoms with van der Waals surface area (Å²) in [7, 11) is 1.90. The molecular formula is C40H52F3N13. The van der Waals surface area contributed by atoms with E-state index in [1.54, 1.807) is 17.1 Å². The number of nitrogens with zero attached hydrogens (tertiary/aromatic N) is 9. The minimum absolute atomic E-state index is 0.122. The highest BCUT2D eigenvalue weighted by atomic mass is 19.4. The van der Waals surface area contributed by atoms with Gasteiger partial charge in [0.05, 0.1) is 23.0 Å². The van der Waals surface area contributed by atoms with Gasteiger partial charge in [-0.3, -0.25) is 4.68 Å². The zero-order valence-electron chi connectivity index (χ0n) is 32.6. The van der Waals surface area contributed by atoms with E-state index >= 15 is 0 Å². The number of aryl methyl sites for hydroxylation is 2. The molecule has 13 nitrogen and oxygen atoms in total. The fraction of sp³-hybridized carbons (Fsp3) is 0.475. The van der Waals surface area contributed by atoms with Crippen molar-refractivity contribution in [3.63, 3.8) is 0 Å². The Kier molecular flexibility index (Phi) is 13.8. The quantitative estimate of drug-likeness (QED) is 0.124. The molecule has 3 saturated heterocycles. The predicted molar refractivity (Wildman–Crippen MR) is 214 cm³/mol. The van der Waals surface area contributed by atoms with Crippen LogP contribution >= 0.6 is 0 Å². The van der Waals surface area contributed by atoms with Gasteiger partial charge in [0.15, 0.2) is 5.82 Å². The number of halogens is 3. The Labute approximate surface area is 326 Å². The first kappa shape index (κ1) is 40.4. The Balaban J connectivity index is 0.000000182. The lowest BCUT2D eigenvalue weighted by Gasteiger charge is -2.24. The highest BCUT2D eigenvalue weighted by Gasteiger charge is 2.31. The van der Waals surface area contributed by atoms with Gasteiger partial charge in [-0.1, -0.05) is 13.8 Å². The third-order valence-electron chi connectivity index (χ3n) is 9.86. The van der Waals surface area contributed by atoms with Crippen LogP contribution in [-0.4, -0.2) is 79.0 Å². The van der Waals surface area contributed by atoms with Gasteiger partial charge in [0.2, 0.25) is 5.95 Å². The number of alkyl halides is 3. The minimum atomic E-state index is -4.41. The number of piperidine rings is 2. The second-order valence-corrected chi connectivity index (χ2v) is 14.0. The van der Waals surface area contributed by atoms with Gasteiger partial charge in [-0.05, 0) is 101 Å². The zero-order valence-corrected chi connectivity index (χ0v) is 32.6. The highest BCUT2D eigenvalue weighted by Crippen LogP contribution is 2.33. The molecule has 0 aromatic carbocycles. The second kappa shape index (κ2) is 19.1. The SMILES string of the molecule is CC.Cc1ccnc(Nc2cc(C3CCNCC3)nc(-c3cnn(C)c3)n2)c1.FC(F)(F)c1ccnc(Nc2cc(C3CCNCC3)nc(N3CCCC3)n2)c1. The van der Waals surface area contributed by atoms with Gasteiger partial charge >= 0.3 is 6.18 Å². The molecule has 4 N–H and O–H groups in total. The number of hydrogen-bond acceptors (Lipinski definition) is 12. The van der Waals surface area contributed by atoms with E-state index in [9.17, 15) is 13.2 Å². The molecule has 3 aliphatic heterocycles. The van der Waals surface area contributed by atoms with Crippen molar-refractivity contribution in [2.75, 3.05) is 54.8 Å². The lowest BCUT2D eigenvalue weighted by Crippen LogP contribution is -2.28. The van der Waals surface area contributed by atoms with Crippen molar-refractivity contribution in [2.45, 2.75) is 77.3 Å². The van der Waals surface area contributed by atoms with Crippen LogP contribution in [0.3, 0.4) is 0 Å². The molecule has 5 aromatic rings. The van der Waals surface area contributed by atoms with Crippen LogP contribution in [-0.2, 0) is 13.2 Å². The average Bonchev–Trinajstić information content (AvgIpc) is 3.92. The van der Waals surface area contributed by atoms with Crippen molar-refractivity contribution in [3.05, 3.63) is 83.7 Å². The molecule has 0 atom stereocenters. The Morgan fingerprint density at radius 2 is 1.29 bits per heavy atom. The fourth-order valence-corrected chi connectivity index (χ4v) is 6.97. The lowest BCUT2D eigenvalue weighted by molar-refractivity contribution is -0.137. The molecule has 0 radical (unpaired) electrons. The van der Waals surface area contributed by atoms with Gasteiger partial charge in [-0.2, -0.15) is 23.3 Å². The molecule has 3 aliphatic rings. The van der Waals surface area contributed by atoms with Gasteiger partial charge in [-0.25, -0.2) is 24.9 Å². The number of hydrogen-bond donors (Lipinski definition) is 4. The summed E-state index contributed by atoms with van der Waals surface area (Å²) in [6.07, 6.45) is 8.62. The van der Waals surface area contributed by atoms with E-state index in [0.29, 0.717) is 29.4 Å². The monoisotopic (exact) mass is 771 g/mol. The molecular weight excluding hydrogens is 720 g/mol. The molecule has 8 heterocycles. The fourth-order valence-electron chi connectivity index (χ4n) is 6.97. The van der Waals surface area contributed by atoms with Gasteiger partial charge in [-0.15, -0.1) is 0 Å². The molecule has 0 bridgehead atoms. The Bertz CT molecular complexity index is 2000. The van der Waals surface area contributed by atoms with Crippen molar-refractivity contribution in [3.8, 4) is 11.4 Å². The van der Waals surface area contributed by atoms with Crippen molar-refractivity contribution in [2.24, 2.45) is 7.05 Å². The number of pyridine rings is 2.